The monoisotopic (exact) mass is 1290 g/mol. The van der Waals surface area contributed by atoms with E-state index in [0.29, 0.717) is 88.3 Å². The number of aromatic hydroxyl groups is 1. The highest BCUT2D eigenvalue weighted by Gasteiger charge is 2.40. The number of anilines is 2. The number of nitrogens with one attached hydrogen (secondary N) is 2. The van der Waals surface area contributed by atoms with Gasteiger partial charge in [-0.3, -0.25) is 19.4 Å². The second kappa shape index (κ2) is 30.9. The third-order valence-corrected chi connectivity index (χ3v) is 15.8. The molecule has 2 saturated heterocycles. The van der Waals surface area contributed by atoms with E-state index < -0.39 is 59.5 Å². The Morgan fingerprint density at radius 1 is 0.591 bits per heavy atom. The third kappa shape index (κ3) is 18.3. The number of piperazine rings is 2. The Kier molecular flexibility index (Phi) is 23.1. The number of methoxy groups -OCH3 is 2. The second-order valence-corrected chi connectivity index (χ2v) is 24.6. The number of pyridine rings is 2. The first-order chi connectivity index (χ1) is 44.3. The summed E-state index contributed by atoms with van der Waals surface area (Å²) in [4.78, 5) is 100. The van der Waals surface area contributed by atoms with Crippen molar-refractivity contribution in [2.24, 2.45) is 0 Å². The summed E-state index contributed by atoms with van der Waals surface area (Å²) < 4.78 is 43.7. The van der Waals surface area contributed by atoms with Gasteiger partial charge in [0.25, 0.3) is 11.8 Å². The number of aliphatic hydroxyl groups is 2. The largest absolute Gasteiger partial charge is 0.508 e. The lowest BCUT2D eigenvalue weighted by Crippen LogP contribution is -2.54. The van der Waals surface area contributed by atoms with Gasteiger partial charge in [0.2, 0.25) is 11.8 Å². The number of phenols is 1. The van der Waals surface area contributed by atoms with Crippen LogP contribution in [0.3, 0.4) is 0 Å². The molecule has 5 N–H and O–H groups in total. The number of oxazole rings is 1. The molecule has 0 saturated carbocycles. The maximum Gasteiger partial charge on any atom is 0.410 e. The average molecular weight is 1290 g/mol. The quantitative estimate of drug-likeness (QED) is 0.0645. The fourth-order valence-corrected chi connectivity index (χ4v) is 11.0. The topological polar surface area (TPSA) is 323 Å². The zero-order valence-electron chi connectivity index (χ0n) is 54.8. The molecular weight excluding hydrogens is 1210 g/mol. The van der Waals surface area contributed by atoms with Gasteiger partial charge in [0, 0.05) is 78.5 Å². The first-order valence-corrected chi connectivity index (χ1v) is 31.1. The van der Waals surface area contributed by atoms with Crippen molar-refractivity contribution < 1.29 is 81.7 Å². The van der Waals surface area contributed by atoms with Crippen LogP contribution < -0.4 is 34.6 Å². The summed E-state index contributed by atoms with van der Waals surface area (Å²) in [5, 5.41) is 38.2. The van der Waals surface area contributed by atoms with Gasteiger partial charge in [-0.15, -0.1) is 0 Å². The molecule has 0 unspecified atom stereocenters. The molecule has 4 atom stereocenters. The average Bonchev–Trinajstić information content (AvgIpc) is 1.27. The van der Waals surface area contributed by atoms with Crippen LogP contribution in [0.15, 0.2) is 71.5 Å². The number of fused-ring (bicyclic) bond motifs is 2. The van der Waals surface area contributed by atoms with Gasteiger partial charge in [-0.2, -0.15) is 9.97 Å². The molecule has 2 aromatic carbocycles. The Balaban J connectivity index is 0.000000242. The van der Waals surface area contributed by atoms with Crippen molar-refractivity contribution in [3.8, 4) is 23.3 Å². The van der Waals surface area contributed by atoms with Crippen molar-refractivity contribution in [3.05, 3.63) is 112 Å². The minimum absolute atomic E-state index is 0.0855. The smallest absolute Gasteiger partial charge is 0.410 e. The maximum absolute atomic E-state index is 13.4. The van der Waals surface area contributed by atoms with E-state index in [4.69, 9.17) is 37.6 Å². The Morgan fingerprint density at radius 2 is 1.03 bits per heavy atom. The number of nitrogens with zero attached hydrogens (tertiary/aromatic N) is 9. The van der Waals surface area contributed by atoms with E-state index in [1.54, 1.807) is 108 Å². The summed E-state index contributed by atoms with van der Waals surface area (Å²) in [6.07, 6.45) is -2.14. The normalized spacial score (nSPS) is 17.1. The standard InChI is InChI=1S/C35H46N6O9.C30H41N5O8/c1-7-47-32-26(10-11-30(38-32)39-12-14-40(15-13-39)33(44)46-6)31(43)36-18-28(42)27-17-23-8-9-25(48-20-29-22(2)37-21-49-29)16-24(23)19-41(27)34(45)50-35(3,4)5;1-6-42-27-22(9-10-25(32-27)33-11-13-34(14-12-33)28(39)41-5)26(38)31-17-24(37)23-16-19-7-8-21(36)15-20(19)18-35(23)29(40)43-30(2,3)4/h8-11,16,21,27-28,42H,7,12-15,17-20H2,1-6H3,(H,36,43);7-10,15,23-24,36-37H,6,11-14,16-18H2,1-5H3,(H,31,38)/t27-,28+;23-,24+/m00/s1. The molecular formula is C65H87N11O17. The van der Waals surface area contributed by atoms with E-state index in [1.807, 2.05) is 34.9 Å². The molecule has 0 spiro atoms. The molecule has 504 valence electrons. The molecule has 28 nitrogen and oxygen atoms in total. The molecule has 4 aliphatic rings. The van der Waals surface area contributed by atoms with Crippen molar-refractivity contribution in [3.63, 3.8) is 0 Å². The van der Waals surface area contributed by atoms with Crippen molar-refractivity contribution in [2.75, 3.05) is 103 Å². The summed E-state index contributed by atoms with van der Waals surface area (Å²) in [5.41, 5.74) is 3.10. The Hall–Kier alpha value is -9.31. The maximum atomic E-state index is 13.4. The highest BCUT2D eigenvalue weighted by Crippen LogP contribution is 2.33. The minimum Gasteiger partial charge on any atom is -0.508 e. The van der Waals surface area contributed by atoms with Gasteiger partial charge in [0.15, 0.2) is 12.2 Å². The number of ether oxygens (including phenoxy) is 7. The predicted octanol–water partition coefficient (Wildman–Crippen LogP) is 6.22. The number of amides is 6. The summed E-state index contributed by atoms with van der Waals surface area (Å²) in [6, 6.07) is 15.9. The first-order valence-electron chi connectivity index (χ1n) is 31.1. The Labute approximate surface area is 540 Å². The number of aromatic nitrogens is 3. The lowest BCUT2D eigenvalue weighted by Gasteiger charge is -2.40. The summed E-state index contributed by atoms with van der Waals surface area (Å²) in [7, 11) is 2.71. The molecule has 2 fully saturated rings. The Morgan fingerprint density at radius 3 is 1.44 bits per heavy atom. The molecule has 3 aromatic heterocycles. The van der Waals surface area contributed by atoms with Gasteiger partial charge in [0.1, 0.15) is 52.1 Å². The molecule has 4 aliphatic heterocycles. The van der Waals surface area contributed by atoms with Gasteiger partial charge in [-0.1, -0.05) is 12.1 Å². The number of hydrogen-bond donors (Lipinski definition) is 5. The zero-order valence-corrected chi connectivity index (χ0v) is 54.8. The molecule has 0 aliphatic carbocycles. The number of rotatable bonds is 17. The van der Waals surface area contributed by atoms with Crippen LogP contribution in [0.4, 0.5) is 30.8 Å². The fourth-order valence-electron chi connectivity index (χ4n) is 11.0. The van der Waals surface area contributed by atoms with E-state index in [9.17, 15) is 44.1 Å². The Bertz CT molecular complexity index is 3430. The van der Waals surface area contributed by atoms with Crippen LogP contribution in [-0.2, 0) is 51.5 Å². The highest BCUT2D eigenvalue weighted by atomic mass is 16.6. The molecule has 9 rings (SSSR count). The van der Waals surface area contributed by atoms with Gasteiger partial charge < -0.3 is 83.1 Å². The van der Waals surface area contributed by atoms with Crippen molar-refractivity contribution >= 4 is 47.8 Å². The molecule has 5 aromatic rings. The molecule has 28 heteroatoms. The van der Waals surface area contributed by atoms with Crippen LogP contribution in [0.5, 0.6) is 23.3 Å². The minimum atomic E-state index is -1.13. The molecule has 6 amide bonds. The van der Waals surface area contributed by atoms with Crippen molar-refractivity contribution in [1.29, 1.82) is 0 Å². The lowest BCUT2D eigenvalue weighted by molar-refractivity contribution is -0.0119. The number of aryl methyl sites for hydroxylation is 1. The number of hydrogen-bond acceptors (Lipinski definition) is 22. The third-order valence-electron chi connectivity index (χ3n) is 15.8. The molecule has 93 heavy (non-hydrogen) atoms. The van der Waals surface area contributed by atoms with Crippen molar-refractivity contribution in [2.45, 2.75) is 130 Å². The van der Waals surface area contributed by atoms with E-state index >= 15 is 0 Å². The van der Waals surface area contributed by atoms with Gasteiger partial charge in [0.05, 0.1) is 57.4 Å². The molecule has 7 heterocycles. The number of carbonyl (C=O) groups is 6. The van der Waals surface area contributed by atoms with Crippen LogP contribution in [0.25, 0.3) is 0 Å². The fraction of sp³-hybridized carbons (Fsp3) is 0.523. The summed E-state index contributed by atoms with van der Waals surface area (Å²) in [6.45, 7) is 21.0. The highest BCUT2D eigenvalue weighted by molar-refractivity contribution is 5.97. The van der Waals surface area contributed by atoms with Gasteiger partial charge >= 0.3 is 24.4 Å². The van der Waals surface area contributed by atoms with Crippen LogP contribution in [0, 0.1) is 6.92 Å². The predicted molar refractivity (Wildman–Crippen MR) is 339 cm³/mol. The van der Waals surface area contributed by atoms with Gasteiger partial charge in [-0.25, -0.2) is 24.2 Å². The zero-order chi connectivity index (χ0) is 67.3. The summed E-state index contributed by atoms with van der Waals surface area (Å²) in [5.74, 6) is 1.89. The SMILES string of the molecule is CCOc1nc(N2CCN(C(=O)OC)CC2)ccc1C(=O)NC[C@@H](O)[C@@H]1Cc2ccc(O)cc2CN1C(=O)OC(C)(C)C.CCOc1nc(N2CCN(C(=O)OC)CC2)ccc1C(=O)NC[C@@H](O)[C@@H]1Cc2ccc(OCc3ocnc3C)cc2CN1C(=O)OC(C)(C)C. The number of carbonyl (C=O) groups excluding carboxylic acids is 6. The van der Waals surface area contributed by atoms with Crippen LogP contribution in [0.2, 0.25) is 0 Å². The van der Waals surface area contributed by atoms with Crippen LogP contribution in [0.1, 0.15) is 110 Å². The molecule has 0 radical (unpaired) electrons. The van der Waals surface area contributed by atoms with Crippen LogP contribution >= 0.6 is 0 Å². The van der Waals surface area contributed by atoms with E-state index in [2.05, 4.69) is 25.6 Å². The first kappa shape index (κ1) is 69.6. The summed E-state index contributed by atoms with van der Waals surface area (Å²) >= 11 is 0. The number of benzene rings is 2. The van der Waals surface area contributed by atoms with Gasteiger partial charge in [-0.05, 0) is 146 Å². The number of phenolic OH excluding ortho intramolecular Hbond substituents is 1. The van der Waals surface area contributed by atoms with Crippen molar-refractivity contribution in [1.82, 2.24) is 45.2 Å². The van der Waals surface area contributed by atoms with E-state index in [-0.39, 0.29) is 86.8 Å². The second-order valence-electron chi connectivity index (χ2n) is 24.6. The van der Waals surface area contributed by atoms with E-state index in [0.717, 1.165) is 27.9 Å². The molecule has 0 bridgehead atoms. The number of aliphatic hydroxyl groups excluding tert-OH is 2. The lowest BCUT2D eigenvalue weighted by atomic mass is 9.91. The van der Waals surface area contributed by atoms with Crippen LogP contribution in [-0.4, -0.2) is 214 Å². The van der Waals surface area contributed by atoms with E-state index in [1.165, 1.54) is 30.4 Å².